The van der Waals surface area contributed by atoms with E-state index >= 15 is 0 Å². The Hall–Kier alpha value is -1.10. The molecule has 1 aliphatic rings. The first-order valence-corrected chi connectivity index (χ1v) is 7.14. The smallest absolute Gasteiger partial charge is 0.229 e. The summed E-state index contributed by atoms with van der Waals surface area (Å²) in [6, 6.07) is 0. The Kier molecular flexibility index (Phi) is 5.79. The minimum absolute atomic E-state index is 0.0370. The summed E-state index contributed by atoms with van der Waals surface area (Å²) in [5.74, 6) is -0.132. The first-order chi connectivity index (χ1) is 8.96. The first-order valence-electron chi connectivity index (χ1n) is 7.14. The molecule has 1 saturated carbocycles. The van der Waals surface area contributed by atoms with Crippen molar-refractivity contribution in [3.8, 4) is 0 Å². The van der Waals surface area contributed by atoms with Crippen LogP contribution in [0.1, 0.15) is 39.0 Å². The molecule has 0 aromatic carbocycles. The largest absolute Gasteiger partial charge is 0.359 e. The maximum atomic E-state index is 12.6. The molecule has 3 N–H and O–H groups in total. The third-order valence-electron chi connectivity index (χ3n) is 4.24. The summed E-state index contributed by atoms with van der Waals surface area (Å²) in [6.07, 6.45) is 5.08. The molecule has 1 unspecified atom stereocenters. The van der Waals surface area contributed by atoms with Crippen LogP contribution < -0.4 is 11.1 Å². The predicted molar refractivity (Wildman–Crippen MR) is 75.4 cm³/mol. The van der Waals surface area contributed by atoms with E-state index in [9.17, 15) is 9.59 Å². The highest BCUT2D eigenvalue weighted by Gasteiger charge is 2.40. The Morgan fingerprint density at radius 2 is 1.89 bits per heavy atom. The van der Waals surface area contributed by atoms with Crippen LogP contribution in [0.25, 0.3) is 0 Å². The number of amides is 2. The van der Waals surface area contributed by atoms with E-state index in [1.807, 2.05) is 6.92 Å². The van der Waals surface area contributed by atoms with Gasteiger partial charge in [-0.3, -0.25) is 9.59 Å². The predicted octanol–water partition coefficient (Wildman–Crippen LogP) is 0.736. The summed E-state index contributed by atoms with van der Waals surface area (Å²) < 4.78 is 0. The number of carbonyl (C=O) groups excluding carboxylic acids is 2. The van der Waals surface area contributed by atoms with Crippen LogP contribution in [0.5, 0.6) is 0 Å². The molecule has 0 saturated heterocycles. The van der Waals surface area contributed by atoms with E-state index in [4.69, 9.17) is 5.73 Å². The SMILES string of the molecule is CNC(=O)C(C)CN(C)C(=O)C1(CN)CCCCC1. The van der Waals surface area contributed by atoms with Crippen molar-refractivity contribution < 1.29 is 9.59 Å². The lowest BCUT2D eigenvalue weighted by Gasteiger charge is -2.38. The maximum absolute atomic E-state index is 12.6. The fourth-order valence-electron chi connectivity index (χ4n) is 2.96. The molecule has 1 fully saturated rings. The zero-order valence-corrected chi connectivity index (χ0v) is 12.4. The molecule has 5 nitrogen and oxygen atoms in total. The normalized spacial score (nSPS) is 19.6. The molecule has 0 aromatic heterocycles. The summed E-state index contributed by atoms with van der Waals surface area (Å²) >= 11 is 0. The van der Waals surface area contributed by atoms with Gasteiger partial charge in [-0.15, -0.1) is 0 Å². The fourth-order valence-corrected chi connectivity index (χ4v) is 2.96. The fraction of sp³-hybridized carbons (Fsp3) is 0.857. The third-order valence-corrected chi connectivity index (χ3v) is 4.24. The summed E-state index contributed by atoms with van der Waals surface area (Å²) in [6.45, 7) is 2.68. The summed E-state index contributed by atoms with van der Waals surface area (Å²) in [5.41, 5.74) is 5.47. The zero-order chi connectivity index (χ0) is 14.5. The number of rotatable bonds is 5. The van der Waals surface area contributed by atoms with Crippen molar-refractivity contribution in [2.45, 2.75) is 39.0 Å². The van der Waals surface area contributed by atoms with Gasteiger partial charge in [-0.2, -0.15) is 0 Å². The zero-order valence-electron chi connectivity index (χ0n) is 12.4. The minimum atomic E-state index is -0.393. The molecule has 110 valence electrons. The lowest BCUT2D eigenvalue weighted by Crippen LogP contribution is -2.49. The van der Waals surface area contributed by atoms with Crippen molar-refractivity contribution in [3.63, 3.8) is 0 Å². The van der Waals surface area contributed by atoms with Gasteiger partial charge < -0.3 is 16.0 Å². The number of nitrogens with two attached hydrogens (primary N) is 1. The topological polar surface area (TPSA) is 75.4 Å². The molecular formula is C14H27N3O2. The quantitative estimate of drug-likeness (QED) is 0.773. The van der Waals surface area contributed by atoms with E-state index in [0.717, 1.165) is 25.7 Å². The molecule has 2 amide bonds. The van der Waals surface area contributed by atoms with Gasteiger partial charge in [0.05, 0.1) is 11.3 Å². The number of carbonyl (C=O) groups is 2. The van der Waals surface area contributed by atoms with Crippen molar-refractivity contribution in [2.75, 3.05) is 27.2 Å². The third kappa shape index (κ3) is 3.69. The van der Waals surface area contributed by atoms with Crippen LogP contribution in [-0.4, -0.2) is 43.9 Å². The second kappa shape index (κ2) is 6.89. The number of nitrogens with one attached hydrogen (secondary N) is 1. The van der Waals surface area contributed by atoms with E-state index < -0.39 is 5.41 Å². The number of hydrogen-bond donors (Lipinski definition) is 2. The van der Waals surface area contributed by atoms with Crippen LogP contribution in [0, 0.1) is 11.3 Å². The van der Waals surface area contributed by atoms with Crippen LogP contribution in [0.3, 0.4) is 0 Å². The molecule has 0 aliphatic heterocycles. The van der Waals surface area contributed by atoms with E-state index in [1.54, 1.807) is 19.0 Å². The Balaban J connectivity index is 2.66. The van der Waals surface area contributed by atoms with E-state index in [2.05, 4.69) is 5.32 Å². The van der Waals surface area contributed by atoms with Gasteiger partial charge >= 0.3 is 0 Å². The van der Waals surface area contributed by atoms with Gasteiger partial charge in [0.25, 0.3) is 0 Å². The van der Waals surface area contributed by atoms with Crippen molar-refractivity contribution in [1.29, 1.82) is 0 Å². The average molecular weight is 269 g/mol. The van der Waals surface area contributed by atoms with Crippen molar-refractivity contribution in [3.05, 3.63) is 0 Å². The molecule has 1 aliphatic carbocycles. The highest BCUT2D eigenvalue weighted by Crippen LogP contribution is 2.36. The number of hydrogen-bond acceptors (Lipinski definition) is 3. The Labute approximate surface area is 115 Å². The molecule has 0 spiro atoms. The Morgan fingerprint density at radius 3 is 2.37 bits per heavy atom. The van der Waals surface area contributed by atoms with Crippen LogP contribution in [0.4, 0.5) is 0 Å². The van der Waals surface area contributed by atoms with Crippen LogP contribution >= 0.6 is 0 Å². The highest BCUT2D eigenvalue weighted by atomic mass is 16.2. The van der Waals surface area contributed by atoms with Gasteiger partial charge in [0.2, 0.25) is 11.8 Å². The van der Waals surface area contributed by atoms with Gasteiger partial charge in [-0.1, -0.05) is 26.2 Å². The second-order valence-electron chi connectivity index (χ2n) is 5.75. The molecular weight excluding hydrogens is 242 g/mol. The lowest BCUT2D eigenvalue weighted by molar-refractivity contribution is -0.143. The lowest BCUT2D eigenvalue weighted by atomic mass is 9.73. The molecule has 0 heterocycles. The van der Waals surface area contributed by atoms with Crippen molar-refractivity contribution >= 4 is 11.8 Å². The van der Waals surface area contributed by atoms with Crippen molar-refractivity contribution in [1.82, 2.24) is 10.2 Å². The van der Waals surface area contributed by atoms with E-state index in [0.29, 0.717) is 13.1 Å². The molecule has 0 aromatic rings. The van der Waals surface area contributed by atoms with E-state index in [-0.39, 0.29) is 17.7 Å². The van der Waals surface area contributed by atoms with Gasteiger partial charge in [0, 0.05) is 27.2 Å². The molecule has 0 radical (unpaired) electrons. The molecule has 1 atom stereocenters. The van der Waals surface area contributed by atoms with Crippen molar-refractivity contribution in [2.24, 2.45) is 17.1 Å². The van der Waals surface area contributed by atoms with Crippen LogP contribution in [0.2, 0.25) is 0 Å². The van der Waals surface area contributed by atoms with Crippen LogP contribution in [0.15, 0.2) is 0 Å². The Bertz CT molecular complexity index is 325. The van der Waals surface area contributed by atoms with Crippen LogP contribution in [-0.2, 0) is 9.59 Å². The number of nitrogens with zero attached hydrogens (tertiary/aromatic N) is 1. The molecule has 0 bridgehead atoms. The molecule has 1 rings (SSSR count). The van der Waals surface area contributed by atoms with Gasteiger partial charge in [0.15, 0.2) is 0 Å². The average Bonchev–Trinajstić information content (AvgIpc) is 2.45. The summed E-state index contributed by atoms with van der Waals surface area (Å²) in [7, 11) is 3.39. The summed E-state index contributed by atoms with van der Waals surface area (Å²) in [4.78, 5) is 25.8. The van der Waals surface area contributed by atoms with Gasteiger partial charge in [-0.25, -0.2) is 0 Å². The highest BCUT2D eigenvalue weighted by molar-refractivity contribution is 5.84. The maximum Gasteiger partial charge on any atom is 0.229 e. The molecule has 19 heavy (non-hydrogen) atoms. The molecule has 5 heteroatoms. The summed E-state index contributed by atoms with van der Waals surface area (Å²) in [5, 5.41) is 2.61. The van der Waals surface area contributed by atoms with Gasteiger partial charge in [-0.05, 0) is 12.8 Å². The Morgan fingerprint density at radius 1 is 1.32 bits per heavy atom. The van der Waals surface area contributed by atoms with E-state index in [1.165, 1.54) is 6.42 Å². The minimum Gasteiger partial charge on any atom is -0.359 e. The first kappa shape index (κ1) is 16.0. The standard InChI is InChI=1S/C14H27N3O2/c1-11(12(18)16-2)9-17(3)13(19)14(10-15)7-5-4-6-8-14/h11H,4-10,15H2,1-3H3,(H,16,18). The second-order valence-corrected chi connectivity index (χ2v) is 5.75. The monoisotopic (exact) mass is 269 g/mol. The van der Waals surface area contributed by atoms with Gasteiger partial charge in [0.1, 0.15) is 0 Å².